The Hall–Kier alpha value is -2.51. The molecule has 1 amide bonds. The van der Waals surface area contributed by atoms with Crippen molar-refractivity contribution in [3.8, 4) is 0 Å². The molecule has 0 unspecified atom stereocenters. The summed E-state index contributed by atoms with van der Waals surface area (Å²) in [4.78, 5) is 11.7. The smallest absolute Gasteiger partial charge is 0.244 e. The number of primary sulfonamides is 1. The molecule has 0 fully saturated rings. The van der Waals surface area contributed by atoms with Crippen LogP contribution < -0.4 is 10.5 Å². The van der Waals surface area contributed by atoms with Crippen molar-refractivity contribution in [2.24, 2.45) is 5.14 Å². The van der Waals surface area contributed by atoms with E-state index in [1.807, 2.05) is 0 Å². The molecule has 0 heterocycles. The summed E-state index contributed by atoms with van der Waals surface area (Å²) in [6.07, 6.45) is 2.91. The Labute approximate surface area is 133 Å². The van der Waals surface area contributed by atoms with Gasteiger partial charge in [0.25, 0.3) is 0 Å². The van der Waals surface area contributed by atoms with Crippen molar-refractivity contribution in [2.75, 3.05) is 0 Å². The zero-order valence-corrected chi connectivity index (χ0v) is 12.9. The molecule has 0 saturated carbocycles. The quantitative estimate of drug-likeness (QED) is 0.817. The molecule has 0 radical (unpaired) electrons. The zero-order valence-electron chi connectivity index (χ0n) is 12.1. The molecule has 0 atom stereocenters. The molecule has 0 aliphatic heterocycles. The number of amides is 1. The first kappa shape index (κ1) is 16.9. The Kier molecular flexibility index (Phi) is 5.25. The van der Waals surface area contributed by atoms with Crippen molar-refractivity contribution >= 4 is 22.0 Å². The summed E-state index contributed by atoms with van der Waals surface area (Å²) in [6.45, 7) is 0.248. The number of nitrogens with one attached hydrogen (secondary N) is 1. The number of hydrogen-bond acceptors (Lipinski definition) is 3. The van der Waals surface area contributed by atoms with Crippen LogP contribution >= 0.6 is 0 Å². The Morgan fingerprint density at radius 3 is 2.26 bits per heavy atom. The summed E-state index contributed by atoms with van der Waals surface area (Å²) in [6, 6.07) is 11.6. The maximum absolute atomic E-state index is 12.7. The lowest BCUT2D eigenvalue weighted by molar-refractivity contribution is -0.116. The second kappa shape index (κ2) is 7.17. The summed E-state index contributed by atoms with van der Waals surface area (Å²) in [5.41, 5.74) is 1.44. The van der Waals surface area contributed by atoms with E-state index in [2.05, 4.69) is 5.32 Å². The topological polar surface area (TPSA) is 89.3 Å². The molecule has 0 bridgehead atoms. The second-order valence-electron chi connectivity index (χ2n) is 4.79. The van der Waals surface area contributed by atoms with Gasteiger partial charge in [0.05, 0.1) is 4.90 Å². The number of rotatable bonds is 5. The van der Waals surface area contributed by atoms with E-state index in [9.17, 15) is 17.6 Å². The summed E-state index contributed by atoms with van der Waals surface area (Å²) >= 11 is 0. The van der Waals surface area contributed by atoms with E-state index in [4.69, 9.17) is 5.14 Å². The van der Waals surface area contributed by atoms with Gasteiger partial charge in [-0.1, -0.05) is 24.3 Å². The Bertz CT molecular complexity index is 813. The van der Waals surface area contributed by atoms with Gasteiger partial charge in [-0.05, 0) is 41.5 Å². The summed E-state index contributed by atoms with van der Waals surface area (Å²) < 4.78 is 35.0. The highest BCUT2D eigenvalue weighted by Gasteiger charge is 2.06. The van der Waals surface area contributed by atoms with Crippen LogP contribution in [-0.2, 0) is 21.4 Å². The Morgan fingerprint density at radius 2 is 1.70 bits per heavy atom. The third kappa shape index (κ3) is 5.32. The van der Waals surface area contributed by atoms with E-state index >= 15 is 0 Å². The van der Waals surface area contributed by atoms with Crippen LogP contribution in [0.4, 0.5) is 4.39 Å². The fourth-order valence-electron chi connectivity index (χ4n) is 1.79. The first-order chi connectivity index (χ1) is 10.8. The van der Waals surface area contributed by atoms with Gasteiger partial charge >= 0.3 is 0 Å². The minimum absolute atomic E-state index is 0.0174. The molecular weight excluding hydrogens is 319 g/mol. The number of carbonyl (C=O) groups is 1. The Balaban J connectivity index is 1.90. The number of benzene rings is 2. The van der Waals surface area contributed by atoms with Gasteiger partial charge in [0.15, 0.2) is 0 Å². The fourth-order valence-corrected chi connectivity index (χ4v) is 2.31. The van der Waals surface area contributed by atoms with Crippen LogP contribution in [0.5, 0.6) is 0 Å². The molecule has 2 aromatic rings. The predicted molar refractivity (Wildman–Crippen MR) is 85.1 cm³/mol. The summed E-state index contributed by atoms with van der Waals surface area (Å²) in [5.74, 6) is -0.653. The van der Waals surface area contributed by atoms with Crippen LogP contribution in [-0.4, -0.2) is 14.3 Å². The van der Waals surface area contributed by atoms with Crippen molar-refractivity contribution in [1.29, 1.82) is 0 Å². The molecule has 23 heavy (non-hydrogen) atoms. The molecular formula is C16H15FN2O3S. The van der Waals surface area contributed by atoms with E-state index in [-0.39, 0.29) is 23.2 Å². The monoisotopic (exact) mass is 334 g/mol. The standard InChI is InChI=1S/C16H15FN2O3S/c17-14-6-1-12(2-7-14)5-10-16(20)19-11-13-3-8-15(9-4-13)23(18,21)22/h1-10H,11H2,(H,19,20)(H2,18,21,22)/b10-5+. The predicted octanol–water partition coefficient (Wildman–Crippen LogP) is 1.80. The first-order valence-corrected chi connectivity index (χ1v) is 8.22. The van der Waals surface area contributed by atoms with Crippen LogP contribution in [0, 0.1) is 5.82 Å². The van der Waals surface area contributed by atoms with Crippen molar-refractivity contribution < 1.29 is 17.6 Å². The van der Waals surface area contributed by atoms with Crippen molar-refractivity contribution in [1.82, 2.24) is 5.32 Å². The largest absolute Gasteiger partial charge is 0.348 e. The van der Waals surface area contributed by atoms with Crippen molar-refractivity contribution in [2.45, 2.75) is 11.4 Å². The van der Waals surface area contributed by atoms with Crippen LogP contribution in [0.1, 0.15) is 11.1 Å². The number of nitrogens with two attached hydrogens (primary N) is 1. The molecule has 2 aromatic carbocycles. The third-order valence-corrected chi connectivity index (χ3v) is 3.95. The van der Waals surface area contributed by atoms with Gasteiger partial charge in [-0.2, -0.15) is 0 Å². The molecule has 5 nitrogen and oxygen atoms in total. The third-order valence-electron chi connectivity index (χ3n) is 3.02. The fraction of sp³-hybridized carbons (Fsp3) is 0.0625. The number of hydrogen-bond donors (Lipinski definition) is 2. The molecule has 0 aliphatic rings. The maximum Gasteiger partial charge on any atom is 0.244 e. The van der Waals surface area contributed by atoms with Gasteiger partial charge in [-0.25, -0.2) is 17.9 Å². The average molecular weight is 334 g/mol. The second-order valence-corrected chi connectivity index (χ2v) is 6.35. The lowest BCUT2D eigenvalue weighted by Gasteiger charge is -2.04. The minimum Gasteiger partial charge on any atom is -0.348 e. The minimum atomic E-state index is -3.72. The highest BCUT2D eigenvalue weighted by atomic mass is 32.2. The molecule has 2 rings (SSSR count). The lowest BCUT2D eigenvalue weighted by Crippen LogP contribution is -2.20. The van der Waals surface area contributed by atoms with Gasteiger partial charge in [-0.15, -0.1) is 0 Å². The van der Waals surface area contributed by atoms with Gasteiger partial charge in [0.2, 0.25) is 15.9 Å². The van der Waals surface area contributed by atoms with Crippen molar-refractivity contribution in [3.05, 3.63) is 71.6 Å². The molecule has 0 aromatic heterocycles. The van der Waals surface area contributed by atoms with E-state index in [0.717, 1.165) is 5.56 Å². The van der Waals surface area contributed by atoms with Gasteiger partial charge < -0.3 is 5.32 Å². The van der Waals surface area contributed by atoms with Crippen LogP contribution in [0.2, 0.25) is 0 Å². The van der Waals surface area contributed by atoms with Crippen molar-refractivity contribution in [3.63, 3.8) is 0 Å². The molecule has 0 aliphatic carbocycles. The van der Waals surface area contributed by atoms with Gasteiger partial charge in [-0.3, -0.25) is 4.79 Å². The first-order valence-electron chi connectivity index (χ1n) is 6.68. The highest BCUT2D eigenvalue weighted by molar-refractivity contribution is 7.89. The SMILES string of the molecule is NS(=O)(=O)c1ccc(CNC(=O)/C=C/c2ccc(F)cc2)cc1. The van der Waals surface area contributed by atoms with Gasteiger partial charge in [0, 0.05) is 12.6 Å². The molecule has 120 valence electrons. The van der Waals surface area contributed by atoms with E-state index in [1.54, 1.807) is 30.3 Å². The summed E-state index contributed by atoms with van der Waals surface area (Å²) in [5, 5.41) is 7.66. The molecule has 0 saturated heterocycles. The van der Waals surface area contributed by atoms with Gasteiger partial charge in [0.1, 0.15) is 5.82 Å². The average Bonchev–Trinajstić information content (AvgIpc) is 2.52. The Morgan fingerprint density at radius 1 is 1.09 bits per heavy atom. The number of carbonyl (C=O) groups excluding carboxylic acids is 1. The van der Waals surface area contributed by atoms with E-state index in [0.29, 0.717) is 5.56 Å². The number of sulfonamides is 1. The highest BCUT2D eigenvalue weighted by Crippen LogP contribution is 2.08. The lowest BCUT2D eigenvalue weighted by atomic mass is 10.2. The normalized spacial score (nSPS) is 11.6. The van der Waals surface area contributed by atoms with Crippen LogP contribution in [0.3, 0.4) is 0 Å². The van der Waals surface area contributed by atoms with Crippen LogP contribution in [0.25, 0.3) is 6.08 Å². The van der Waals surface area contributed by atoms with E-state index in [1.165, 1.54) is 30.3 Å². The number of halogens is 1. The molecule has 0 spiro atoms. The summed E-state index contributed by atoms with van der Waals surface area (Å²) in [7, 11) is -3.72. The van der Waals surface area contributed by atoms with E-state index < -0.39 is 10.0 Å². The molecule has 3 N–H and O–H groups in total. The van der Waals surface area contributed by atoms with Crippen LogP contribution in [0.15, 0.2) is 59.5 Å². The zero-order chi connectivity index (χ0) is 16.9. The maximum atomic E-state index is 12.7. The molecule has 7 heteroatoms.